The fourth-order valence-corrected chi connectivity index (χ4v) is 2.27. The third-order valence-corrected chi connectivity index (χ3v) is 3.23. The monoisotopic (exact) mass is 271 g/mol. The number of nitrogens with one attached hydrogen (secondary N) is 1. The fourth-order valence-electron chi connectivity index (χ4n) is 2.27. The SMILES string of the molecule is C[C@H](Cc1ccc(O)cc1)N[C@H](O)Cc1ccccc1. The molecule has 3 nitrogen and oxygen atoms in total. The molecule has 0 aliphatic rings. The minimum absolute atomic E-state index is 0.165. The van der Waals surface area contributed by atoms with Crippen molar-refractivity contribution >= 4 is 0 Å². The van der Waals surface area contributed by atoms with Crippen molar-refractivity contribution < 1.29 is 10.2 Å². The minimum atomic E-state index is -0.551. The maximum absolute atomic E-state index is 10.0. The Morgan fingerprint density at radius 3 is 2.15 bits per heavy atom. The standard InChI is InChI=1S/C17H21NO2/c1-13(11-15-7-9-16(19)10-8-15)18-17(20)12-14-5-3-2-4-6-14/h2-10,13,17-20H,11-12H2,1H3/t13-,17-/m1/s1. The number of hydrogen-bond acceptors (Lipinski definition) is 3. The molecule has 0 saturated carbocycles. The Hall–Kier alpha value is -1.84. The number of aromatic hydroxyl groups is 1. The normalized spacial score (nSPS) is 13.9. The Morgan fingerprint density at radius 1 is 0.900 bits per heavy atom. The van der Waals surface area contributed by atoms with Crippen molar-refractivity contribution in [3.05, 3.63) is 65.7 Å². The van der Waals surface area contributed by atoms with E-state index < -0.39 is 6.23 Å². The van der Waals surface area contributed by atoms with E-state index in [0.717, 1.165) is 17.5 Å². The van der Waals surface area contributed by atoms with Crippen LogP contribution in [-0.2, 0) is 12.8 Å². The molecule has 2 rings (SSSR count). The Morgan fingerprint density at radius 2 is 1.50 bits per heavy atom. The second kappa shape index (κ2) is 7.08. The van der Waals surface area contributed by atoms with Crippen LogP contribution in [0.1, 0.15) is 18.1 Å². The smallest absolute Gasteiger partial charge is 0.115 e. The third kappa shape index (κ3) is 4.68. The lowest BCUT2D eigenvalue weighted by Crippen LogP contribution is -2.39. The van der Waals surface area contributed by atoms with Crippen molar-refractivity contribution in [2.45, 2.75) is 32.0 Å². The van der Waals surface area contributed by atoms with Crippen LogP contribution in [0.4, 0.5) is 0 Å². The predicted octanol–water partition coefficient (Wildman–Crippen LogP) is 2.47. The van der Waals surface area contributed by atoms with E-state index in [4.69, 9.17) is 0 Å². The van der Waals surface area contributed by atoms with E-state index in [-0.39, 0.29) is 11.8 Å². The number of hydrogen-bond donors (Lipinski definition) is 3. The van der Waals surface area contributed by atoms with Gasteiger partial charge in [0.1, 0.15) is 12.0 Å². The summed E-state index contributed by atoms with van der Waals surface area (Å²) in [5.74, 6) is 0.276. The van der Waals surface area contributed by atoms with E-state index in [1.807, 2.05) is 49.4 Å². The third-order valence-electron chi connectivity index (χ3n) is 3.23. The Balaban J connectivity index is 1.81. The molecule has 0 bridgehead atoms. The van der Waals surface area contributed by atoms with Gasteiger partial charge in [0, 0.05) is 12.5 Å². The molecule has 3 heteroatoms. The molecule has 0 fully saturated rings. The van der Waals surface area contributed by atoms with E-state index in [1.165, 1.54) is 0 Å². The van der Waals surface area contributed by atoms with Gasteiger partial charge < -0.3 is 10.2 Å². The number of aliphatic hydroxyl groups excluding tert-OH is 1. The Bertz CT molecular complexity index is 510. The van der Waals surface area contributed by atoms with Gasteiger partial charge in [0.25, 0.3) is 0 Å². The first-order chi connectivity index (χ1) is 9.63. The lowest BCUT2D eigenvalue weighted by molar-refractivity contribution is 0.125. The van der Waals surface area contributed by atoms with Gasteiger partial charge in [-0.1, -0.05) is 42.5 Å². The number of phenolic OH excluding ortho intramolecular Hbond substituents is 1. The first-order valence-electron chi connectivity index (χ1n) is 6.89. The topological polar surface area (TPSA) is 52.5 Å². The second-order valence-corrected chi connectivity index (χ2v) is 5.14. The fraction of sp³-hybridized carbons (Fsp3) is 0.294. The number of phenols is 1. The second-order valence-electron chi connectivity index (χ2n) is 5.14. The van der Waals surface area contributed by atoms with Gasteiger partial charge in [0.2, 0.25) is 0 Å². The van der Waals surface area contributed by atoms with Crippen molar-refractivity contribution in [1.29, 1.82) is 0 Å². The van der Waals surface area contributed by atoms with Crippen molar-refractivity contribution in [1.82, 2.24) is 5.32 Å². The Labute approximate surface area is 119 Å². The van der Waals surface area contributed by atoms with E-state index in [0.29, 0.717) is 6.42 Å². The summed E-state index contributed by atoms with van der Waals surface area (Å²) in [4.78, 5) is 0. The highest BCUT2D eigenvalue weighted by atomic mass is 16.3. The predicted molar refractivity (Wildman–Crippen MR) is 80.6 cm³/mol. The molecule has 0 heterocycles. The molecule has 2 aromatic rings. The largest absolute Gasteiger partial charge is 0.508 e. The molecule has 0 saturated heterocycles. The van der Waals surface area contributed by atoms with Crippen molar-refractivity contribution in [3.63, 3.8) is 0 Å². The molecule has 0 aromatic heterocycles. The van der Waals surface area contributed by atoms with Crippen LogP contribution in [0.3, 0.4) is 0 Å². The molecule has 3 N–H and O–H groups in total. The van der Waals surface area contributed by atoms with Crippen molar-refractivity contribution in [2.24, 2.45) is 0 Å². The zero-order chi connectivity index (χ0) is 14.4. The molecular formula is C17H21NO2. The number of aliphatic hydroxyl groups is 1. The number of benzene rings is 2. The summed E-state index contributed by atoms with van der Waals surface area (Å²) in [6.45, 7) is 2.04. The van der Waals surface area contributed by atoms with Crippen molar-refractivity contribution in [3.8, 4) is 5.75 Å². The molecule has 0 amide bonds. The number of rotatable bonds is 6. The van der Waals surface area contributed by atoms with Crippen LogP contribution < -0.4 is 5.32 Å². The van der Waals surface area contributed by atoms with E-state index >= 15 is 0 Å². The zero-order valence-corrected chi connectivity index (χ0v) is 11.7. The average Bonchev–Trinajstić information content (AvgIpc) is 2.42. The molecular weight excluding hydrogens is 250 g/mol. The summed E-state index contributed by atoms with van der Waals surface area (Å²) in [5.41, 5.74) is 2.25. The Kier molecular flexibility index (Phi) is 5.16. The van der Waals surface area contributed by atoms with Crippen molar-refractivity contribution in [2.75, 3.05) is 0 Å². The van der Waals surface area contributed by atoms with Crippen LogP contribution >= 0.6 is 0 Å². The summed E-state index contributed by atoms with van der Waals surface area (Å²) >= 11 is 0. The summed E-state index contributed by atoms with van der Waals surface area (Å²) in [7, 11) is 0. The lowest BCUT2D eigenvalue weighted by atomic mass is 10.1. The van der Waals surface area contributed by atoms with E-state index in [2.05, 4.69) is 5.32 Å². The maximum Gasteiger partial charge on any atom is 0.115 e. The summed E-state index contributed by atoms with van der Waals surface area (Å²) in [5, 5.41) is 22.5. The van der Waals surface area contributed by atoms with Crippen LogP contribution in [0, 0.1) is 0 Å². The lowest BCUT2D eigenvalue weighted by Gasteiger charge is -2.19. The summed E-state index contributed by atoms with van der Waals surface area (Å²) in [6.07, 6.45) is 0.858. The molecule has 2 aromatic carbocycles. The van der Waals surface area contributed by atoms with Crippen LogP contribution in [0.5, 0.6) is 5.75 Å². The summed E-state index contributed by atoms with van der Waals surface area (Å²) < 4.78 is 0. The van der Waals surface area contributed by atoms with Crippen LogP contribution in [-0.4, -0.2) is 22.5 Å². The van der Waals surface area contributed by atoms with Gasteiger partial charge in [-0.15, -0.1) is 0 Å². The molecule has 2 atom stereocenters. The molecule has 0 aliphatic carbocycles. The molecule has 20 heavy (non-hydrogen) atoms. The first kappa shape index (κ1) is 14.6. The van der Waals surface area contributed by atoms with Crippen LogP contribution in [0.2, 0.25) is 0 Å². The van der Waals surface area contributed by atoms with Gasteiger partial charge in [-0.05, 0) is 36.6 Å². The highest BCUT2D eigenvalue weighted by Gasteiger charge is 2.10. The highest BCUT2D eigenvalue weighted by Crippen LogP contribution is 2.11. The van der Waals surface area contributed by atoms with Gasteiger partial charge in [0.05, 0.1) is 0 Å². The first-order valence-corrected chi connectivity index (χ1v) is 6.89. The van der Waals surface area contributed by atoms with Gasteiger partial charge in [-0.2, -0.15) is 0 Å². The molecule has 0 aliphatic heterocycles. The molecule has 0 radical (unpaired) electrons. The van der Waals surface area contributed by atoms with Gasteiger partial charge in [-0.25, -0.2) is 0 Å². The average molecular weight is 271 g/mol. The van der Waals surface area contributed by atoms with Crippen LogP contribution in [0.25, 0.3) is 0 Å². The highest BCUT2D eigenvalue weighted by molar-refractivity contribution is 5.26. The van der Waals surface area contributed by atoms with Gasteiger partial charge in [0.15, 0.2) is 0 Å². The van der Waals surface area contributed by atoms with Gasteiger partial charge >= 0.3 is 0 Å². The molecule has 0 spiro atoms. The summed E-state index contributed by atoms with van der Waals surface area (Å²) in [6, 6.07) is 17.3. The van der Waals surface area contributed by atoms with E-state index in [9.17, 15) is 10.2 Å². The molecule has 0 unspecified atom stereocenters. The maximum atomic E-state index is 10.0. The van der Waals surface area contributed by atoms with E-state index in [1.54, 1.807) is 12.1 Å². The van der Waals surface area contributed by atoms with Gasteiger partial charge in [-0.3, -0.25) is 5.32 Å². The quantitative estimate of drug-likeness (QED) is 0.707. The zero-order valence-electron chi connectivity index (χ0n) is 11.7. The molecule has 106 valence electrons. The minimum Gasteiger partial charge on any atom is -0.508 e. The van der Waals surface area contributed by atoms with Crippen LogP contribution in [0.15, 0.2) is 54.6 Å².